The molecule has 0 bridgehead atoms. The molecule has 0 radical (unpaired) electrons. The Kier molecular flexibility index (Phi) is 5.74. The van der Waals surface area contributed by atoms with Crippen molar-refractivity contribution in [1.29, 1.82) is 0 Å². The molecular weight excluding hydrogens is 260 g/mol. The van der Waals surface area contributed by atoms with Crippen LogP contribution < -0.4 is 0 Å². The third kappa shape index (κ3) is 4.63. The fourth-order valence-corrected chi connectivity index (χ4v) is 1.82. The van der Waals surface area contributed by atoms with Gasteiger partial charge in [0.05, 0.1) is 25.2 Å². The molecule has 1 aliphatic rings. The van der Waals surface area contributed by atoms with Crippen LogP contribution in [-0.4, -0.2) is 37.9 Å². The maximum Gasteiger partial charge on any atom is 0.339 e. The monoisotopic (exact) mass is 284 g/mol. The largest absolute Gasteiger partial charge is 0.467 e. The Labute approximate surface area is 120 Å². The fraction of sp³-hybridized carbons (Fsp3) is 0.733. The minimum absolute atomic E-state index is 0.156. The second-order valence-electron chi connectivity index (χ2n) is 6.04. The van der Waals surface area contributed by atoms with E-state index in [-0.39, 0.29) is 24.6 Å². The molecule has 0 aromatic rings. The zero-order valence-corrected chi connectivity index (χ0v) is 12.8. The minimum atomic E-state index is -0.667. The van der Waals surface area contributed by atoms with Crippen molar-refractivity contribution in [3.8, 4) is 0 Å². The quantitative estimate of drug-likeness (QED) is 0.584. The van der Waals surface area contributed by atoms with Gasteiger partial charge in [-0.25, -0.2) is 4.79 Å². The Hall–Kier alpha value is -1.36. The molecule has 0 aromatic heterocycles. The summed E-state index contributed by atoms with van der Waals surface area (Å²) >= 11 is 0. The normalized spacial score (nSPS) is 26.1. The Morgan fingerprint density at radius 3 is 2.45 bits per heavy atom. The summed E-state index contributed by atoms with van der Waals surface area (Å²) in [7, 11) is 1.33. The number of carbonyl (C=O) groups excluding carboxylic acids is 2. The van der Waals surface area contributed by atoms with Gasteiger partial charge in [-0.3, -0.25) is 4.79 Å². The average Bonchev–Trinajstić information content (AvgIpc) is 2.38. The van der Waals surface area contributed by atoms with E-state index in [1.807, 2.05) is 33.8 Å². The SMILES string of the molecule is COC(=O)[C@@H]1C=C[C@H](C)[C@@H](CCOC(=O)C(C)(C)C)O1. The van der Waals surface area contributed by atoms with Crippen LogP contribution in [0.4, 0.5) is 0 Å². The van der Waals surface area contributed by atoms with E-state index < -0.39 is 17.5 Å². The lowest BCUT2D eigenvalue weighted by Gasteiger charge is -2.29. The van der Waals surface area contributed by atoms with E-state index in [0.717, 1.165) is 0 Å². The van der Waals surface area contributed by atoms with Gasteiger partial charge < -0.3 is 14.2 Å². The van der Waals surface area contributed by atoms with Crippen LogP contribution in [-0.2, 0) is 23.8 Å². The van der Waals surface area contributed by atoms with Gasteiger partial charge in [0.1, 0.15) is 0 Å². The van der Waals surface area contributed by atoms with Gasteiger partial charge in [-0.15, -0.1) is 0 Å². The van der Waals surface area contributed by atoms with Gasteiger partial charge in [0.2, 0.25) is 0 Å². The molecule has 0 spiro atoms. The zero-order valence-electron chi connectivity index (χ0n) is 12.8. The van der Waals surface area contributed by atoms with Crippen molar-refractivity contribution in [2.24, 2.45) is 11.3 Å². The molecule has 0 fully saturated rings. The van der Waals surface area contributed by atoms with Crippen LogP contribution in [0.2, 0.25) is 0 Å². The molecular formula is C15H24O5. The second kappa shape index (κ2) is 6.88. The van der Waals surface area contributed by atoms with E-state index >= 15 is 0 Å². The van der Waals surface area contributed by atoms with Crippen LogP contribution in [0.1, 0.15) is 34.1 Å². The molecule has 0 N–H and O–H groups in total. The molecule has 0 aliphatic carbocycles. The van der Waals surface area contributed by atoms with E-state index in [0.29, 0.717) is 6.42 Å². The molecule has 0 saturated heterocycles. The van der Waals surface area contributed by atoms with Gasteiger partial charge in [-0.2, -0.15) is 0 Å². The third-order valence-corrected chi connectivity index (χ3v) is 3.18. The second-order valence-corrected chi connectivity index (χ2v) is 6.04. The number of methoxy groups -OCH3 is 1. The average molecular weight is 284 g/mol. The van der Waals surface area contributed by atoms with E-state index in [2.05, 4.69) is 4.74 Å². The first kappa shape index (κ1) is 16.7. The van der Waals surface area contributed by atoms with Crippen molar-refractivity contribution in [3.63, 3.8) is 0 Å². The molecule has 5 nitrogen and oxygen atoms in total. The van der Waals surface area contributed by atoms with Crippen molar-refractivity contribution >= 4 is 11.9 Å². The first-order chi connectivity index (χ1) is 9.25. The highest BCUT2D eigenvalue weighted by atomic mass is 16.6. The standard InChI is InChI=1S/C15H24O5/c1-10-6-7-12(13(16)18-5)20-11(10)8-9-19-14(17)15(2,3)4/h6-7,10-12H,8-9H2,1-5H3/t10-,11+,12-/m0/s1. The van der Waals surface area contributed by atoms with Gasteiger partial charge in [0.15, 0.2) is 6.10 Å². The highest BCUT2D eigenvalue weighted by molar-refractivity contribution is 5.77. The maximum atomic E-state index is 11.7. The number of hydrogen-bond acceptors (Lipinski definition) is 5. The molecule has 1 aliphatic heterocycles. The van der Waals surface area contributed by atoms with Gasteiger partial charge in [-0.05, 0) is 26.8 Å². The van der Waals surface area contributed by atoms with Crippen molar-refractivity contribution in [2.75, 3.05) is 13.7 Å². The summed E-state index contributed by atoms with van der Waals surface area (Å²) in [6.45, 7) is 7.72. The summed E-state index contributed by atoms with van der Waals surface area (Å²) in [6.07, 6.45) is 3.37. The Balaban J connectivity index is 2.46. The van der Waals surface area contributed by atoms with Crippen molar-refractivity contribution in [1.82, 2.24) is 0 Å². The molecule has 20 heavy (non-hydrogen) atoms. The molecule has 3 atom stereocenters. The number of carbonyl (C=O) groups is 2. The fourth-order valence-electron chi connectivity index (χ4n) is 1.82. The lowest BCUT2D eigenvalue weighted by atomic mass is 9.96. The molecule has 1 rings (SSSR count). The van der Waals surface area contributed by atoms with Crippen LogP contribution in [0, 0.1) is 11.3 Å². The van der Waals surface area contributed by atoms with Crippen LogP contribution >= 0.6 is 0 Å². The van der Waals surface area contributed by atoms with Gasteiger partial charge >= 0.3 is 11.9 Å². The lowest BCUT2D eigenvalue weighted by molar-refractivity contribution is -0.160. The Morgan fingerprint density at radius 1 is 1.25 bits per heavy atom. The van der Waals surface area contributed by atoms with Crippen LogP contribution in [0.3, 0.4) is 0 Å². The van der Waals surface area contributed by atoms with Gasteiger partial charge in [0.25, 0.3) is 0 Å². The molecule has 0 saturated carbocycles. The molecule has 0 unspecified atom stereocenters. The molecule has 5 heteroatoms. The summed E-state index contributed by atoms with van der Waals surface area (Å²) in [4.78, 5) is 23.1. The van der Waals surface area contributed by atoms with Gasteiger partial charge in [-0.1, -0.05) is 13.0 Å². The van der Waals surface area contributed by atoms with Crippen molar-refractivity contribution in [3.05, 3.63) is 12.2 Å². The van der Waals surface area contributed by atoms with E-state index in [1.54, 1.807) is 6.08 Å². The van der Waals surface area contributed by atoms with E-state index in [1.165, 1.54) is 7.11 Å². The molecule has 114 valence electrons. The zero-order chi connectivity index (χ0) is 15.3. The van der Waals surface area contributed by atoms with Crippen molar-refractivity contribution in [2.45, 2.75) is 46.3 Å². The minimum Gasteiger partial charge on any atom is -0.467 e. The van der Waals surface area contributed by atoms with Crippen LogP contribution in [0.15, 0.2) is 12.2 Å². The first-order valence-electron chi connectivity index (χ1n) is 6.84. The number of hydrogen-bond donors (Lipinski definition) is 0. The van der Waals surface area contributed by atoms with E-state index in [4.69, 9.17) is 9.47 Å². The summed E-state index contributed by atoms with van der Waals surface area (Å²) in [5.74, 6) is -0.477. The molecule has 0 amide bonds. The third-order valence-electron chi connectivity index (χ3n) is 3.18. The summed E-state index contributed by atoms with van der Waals surface area (Å²) < 4.78 is 15.5. The lowest BCUT2D eigenvalue weighted by Crippen LogP contribution is -2.36. The summed E-state index contributed by atoms with van der Waals surface area (Å²) in [5, 5.41) is 0. The van der Waals surface area contributed by atoms with Crippen LogP contribution in [0.5, 0.6) is 0 Å². The maximum absolute atomic E-state index is 11.7. The highest BCUT2D eigenvalue weighted by Gasteiger charge is 2.29. The Bertz CT molecular complexity index is 380. The number of rotatable bonds is 4. The molecule has 1 heterocycles. The topological polar surface area (TPSA) is 61.8 Å². The number of esters is 2. The van der Waals surface area contributed by atoms with Crippen LogP contribution in [0.25, 0.3) is 0 Å². The predicted molar refractivity (Wildman–Crippen MR) is 74.0 cm³/mol. The van der Waals surface area contributed by atoms with Gasteiger partial charge in [0, 0.05) is 12.3 Å². The molecule has 0 aromatic carbocycles. The summed E-state index contributed by atoms with van der Waals surface area (Å²) in [6, 6.07) is 0. The summed E-state index contributed by atoms with van der Waals surface area (Å²) in [5.41, 5.74) is -0.506. The Morgan fingerprint density at radius 2 is 1.90 bits per heavy atom. The van der Waals surface area contributed by atoms with Crippen molar-refractivity contribution < 1.29 is 23.8 Å². The number of ether oxygens (including phenoxy) is 3. The van der Waals surface area contributed by atoms with E-state index in [9.17, 15) is 9.59 Å². The highest BCUT2D eigenvalue weighted by Crippen LogP contribution is 2.22. The first-order valence-corrected chi connectivity index (χ1v) is 6.84. The predicted octanol–water partition coefficient (Wildman–Crippen LogP) is 2.10. The smallest absolute Gasteiger partial charge is 0.339 e.